The molecule has 1 N–H and O–H groups in total. The van der Waals surface area contributed by atoms with Crippen molar-refractivity contribution in [3.63, 3.8) is 0 Å². The number of carboxylic acid groups (broad SMARTS) is 1. The van der Waals surface area contributed by atoms with E-state index in [9.17, 15) is 14.9 Å². The van der Waals surface area contributed by atoms with Gasteiger partial charge in [-0.2, -0.15) is 0 Å². The summed E-state index contributed by atoms with van der Waals surface area (Å²) in [7, 11) is 0. The Morgan fingerprint density at radius 1 is 1.33 bits per heavy atom. The SMILES string of the molecule is O=C(O)c1ccc(Oc2cccc([N+](=O)[O-])c2)s1. The second kappa shape index (κ2) is 4.84. The van der Waals surface area contributed by atoms with Crippen molar-refractivity contribution in [2.24, 2.45) is 0 Å². The highest BCUT2D eigenvalue weighted by Gasteiger charge is 2.10. The Morgan fingerprint density at radius 3 is 2.72 bits per heavy atom. The van der Waals surface area contributed by atoms with E-state index in [-0.39, 0.29) is 10.6 Å². The summed E-state index contributed by atoms with van der Waals surface area (Å²) < 4.78 is 5.35. The highest BCUT2D eigenvalue weighted by Crippen LogP contribution is 2.30. The van der Waals surface area contributed by atoms with Gasteiger partial charge in [0.15, 0.2) is 5.06 Å². The van der Waals surface area contributed by atoms with Crippen molar-refractivity contribution in [2.45, 2.75) is 0 Å². The molecule has 2 aromatic rings. The molecule has 1 aromatic heterocycles. The monoisotopic (exact) mass is 265 g/mol. The molecule has 1 heterocycles. The highest BCUT2D eigenvalue weighted by atomic mass is 32.1. The molecular weight excluding hydrogens is 258 g/mol. The zero-order chi connectivity index (χ0) is 13.1. The smallest absolute Gasteiger partial charge is 0.345 e. The lowest BCUT2D eigenvalue weighted by Gasteiger charge is -2.01. The summed E-state index contributed by atoms with van der Waals surface area (Å²) in [4.78, 5) is 20.9. The zero-order valence-electron chi connectivity index (χ0n) is 8.90. The van der Waals surface area contributed by atoms with Crippen LogP contribution in [0.15, 0.2) is 36.4 Å². The van der Waals surface area contributed by atoms with Gasteiger partial charge in [0.1, 0.15) is 10.6 Å². The van der Waals surface area contributed by atoms with E-state index < -0.39 is 10.9 Å². The number of thiophene rings is 1. The van der Waals surface area contributed by atoms with E-state index in [1.165, 1.54) is 30.3 Å². The summed E-state index contributed by atoms with van der Waals surface area (Å²) in [5.74, 6) is -0.739. The third-order valence-corrected chi connectivity index (χ3v) is 2.99. The number of carboxylic acids is 1. The summed E-state index contributed by atoms with van der Waals surface area (Å²) in [5, 5.41) is 19.7. The number of aromatic carboxylic acids is 1. The second-order valence-electron chi connectivity index (χ2n) is 3.28. The molecule has 0 aliphatic rings. The first-order valence-electron chi connectivity index (χ1n) is 4.82. The van der Waals surface area contributed by atoms with Crippen LogP contribution >= 0.6 is 11.3 Å². The predicted molar refractivity (Wildman–Crippen MR) is 64.4 cm³/mol. The summed E-state index contributed by atoms with van der Waals surface area (Å²) in [6.07, 6.45) is 0. The first kappa shape index (κ1) is 12.1. The number of nitrogens with zero attached hydrogens (tertiary/aromatic N) is 1. The van der Waals surface area contributed by atoms with E-state index in [1.54, 1.807) is 6.07 Å². The number of non-ortho nitro benzene ring substituents is 1. The molecule has 0 fully saturated rings. The number of nitro benzene ring substituents is 1. The Balaban J connectivity index is 2.20. The Hall–Kier alpha value is -2.41. The van der Waals surface area contributed by atoms with Crippen molar-refractivity contribution in [1.29, 1.82) is 0 Å². The van der Waals surface area contributed by atoms with Crippen molar-refractivity contribution in [2.75, 3.05) is 0 Å². The lowest BCUT2D eigenvalue weighted by molar-refractivity contribution is -0.384. The van der Waals surface area contributed by atoms with Crippen LogP contribution in [0, 0.1) is 10.1 Å². The molecule has 0 unspecified atom stereocenters. The molecule has 6 nitrogen and oxygen atoms in total. The van der Waals surface area contributed by atoms with Crippen molar-refractivity contribution < 1.29 is 19.6 Å². The number of carbonyl (C=O) groups is 1. The lowest BCUT2D eigenvalue weighted by atomic mass is 10.3. The van der Waals surface area contributed by atoms with Crippen LogP contribution in [0.4, 0.5) is 5.69 Å². The molecule has 0 aliphatic heterocycles. The molecule has 1 aromatic carbocycles. The molecule has 0 amide bonds. The normalized spacial score (nSPS) is 10.0. The number of benzene rings is 1. The molecule has 18 heavy (non-hydrogen) atoms. The van der Waals surface area contributed by atoms with Crippen LogP contribution in [0.1, 0.15) is 9.67 Å². The molecule has 0 saturated heterocycles. The topological polar surface area (TPSA) is 89.7 Å². The maximum Gasteiger partial charge on any atom is 0.345 e. The van der Waals surface area contributed by atoms with Gasteiger partial charge in [-0.15, -0.1) is 0 Å². The predicted octanol–water partition coefficient (Wildman–Crippen LogP) is 3.15. The summed E-state index contributed by atoms with van der Waals surface area (Å²) in [6, 6.07) is 8.61. The van der Waals surface area contributed by atoms with E-state index in [1.807, 2.05) is 0 Å². The van der Waals surface area contributed by atoms with Gasteiger partial charge in [0.05, 0.1) is 11.0 Å². The van der Waals surface area contributed by atoms with Gasteiger partial charge in [0.2, 0.25) is 0 Å². The number of hydrogen-bond donors (Lipinski definition) is 1. The van der Waals surface area contributed by atoms with Crippen LogP contribution in [0.25, 0.3) is 0 Å². The molecule has 0 radical (unpaired) electrons. The van der Waals surface area contributed by atoms with Crippen LogP contribution < -0.4 is 4.74 Å². The van der Waals surface area contributed by atoms with E-state index in [0.717, 1.165) is 11.3 Å². The lowest BCUT2D eigenvalue weighted by Crippen LogP contribution is -1.89. The Labute approximate surface area is 105 Å². The number of ether oxygens (including phenoxy) is 1. The van der Waals surface area contributed by atoms with Gasteiger partial charge < -0.3 is 9.84 Å². The molecule has 0 saturated carbocycles. The van der Waals surface area contributed by atoms with Crippen LogP contribution in [-0.2, 0) is 0 Å². The molecule has 2 rings (SSSR count). The Kier molecular flexibility index (Phi) is 3.24. The maximum atomic E-state index is 10.7. The largest absolute Gasteiger partial charge is 0.477 e. The first-order valence-corrected chi connectivity index (χ1v) is 5.63. The van der Waals surface area contributed by atoms with Crippen molar-refractivity contribution in [3.8, 4) is 10.8 Å². The molecule has 0 aliphatic carbocycles. The quantitative estimate of drug-likeness (QED) is 0.677. The molecule has 7 heteroatoms. The minimum Gasteiger partial charge on any atom is -0.477 e. The fraction of sp³-hybridized carbons (Fsp3) is 0. The minimum atomic E-state index is -1.03. The van der Waals surface area contributed by atoms with Crippen LogP contribution in [0.3, 0.4) is 0 Å². The van der Waals surface area contributed by atoms with Crippen molar-refractivity contribution in [3.05, 3.63) is 51.4 Å². The molecular formula is C11H7NO5S. The van der Waals surface area contributed by atoms with Gasteiger partial charge in [0.25, 0.3) is 5.69 Å². The van der Waals surface area contributed by atoms with E-state index in [2.05, 4.69) is 0 Å². The molecule has 0 spiro atoms. The summed E-state index contributed by atoms with van der Waals surface area (Å²) in [5.41, 5.74) is -0.0810. The van der Waals surface area contributed by atoms with Gasteiger partial charge >= 0.3 is 5.97 Å². The van der Waals surface area contributed by atoms with Gasteiger partial charge in [-0.3, -0.25) is 10.1 Å². The van der Waals surface area contributed by atoms with Gasteiger partial charge in [0, 0.05) is 6.07 Å². The van der Waals surface area contributed by atoms with Crippen molar-refractivity contribution in [1.82, 2.24) is 0 Å². The van der Waals surface area contributed by atoms with Crippen LogP contribution in [0.5, 0.6) is 10.8 Å². The third kappa shape index (κ3) is 2.64. The van der Waals surface area contributed by atoms with Gasteiger partial charge in [-0.1, -0.05) is 17.4 Å². The van der Waals surface area contributed by atoms with Crippen molar-refractivity contribution >= 4 is 23.0 Å². The minimum absolute atomic E-state index is 0.0810. The average Bonchev–Trinajstić information content (AvgIpc) is 2.78. The second-order valence-corrected chi connectivity index (χ2v) is 4.33. The zero-order valence-corrected chi connectivity index (χ0v) is 9.72. The van der Waals surface area contributed by atoms with Crippen LogP contribution in [-0.4, -0.2) is 16.0 Å². The van der Waals surface area contributed by atoms with Gasteiger partial charge in [-0.25, -0.2) is 4.79 Å². The third-order valence-electron chi connectivity index (χ3n) is 2.04. The maximum absolute atomic E-state index is 10.7. The van der Waals surface area contributed by atoms with E-state index in [0.29, 0.717) is 10.8 Å². The summed E-state index contributed by atoms with van der Waals surface area (Å²) >= 11 is 0.958. The number of hydrogen-bond acceptors (Lipinski definition) is 5. The van der Waals surface area contributed by atoms with E-state index in [4.69, 9.17) is 9.84 Å². The van der Waals surface area contributed by atoms with Gasteiger partial charge in [-0.05, 0) is 18.2 Å². The Morgan fingerprint density at radius 2 is 2.11 bits per heavy atom. The average molecular weight is 265 g/mol. The van der Waals surface area contributed by atoms with E-state index >= 15 is 0 Å². The first-order chi connectivity index (χ1) is 8.56. The highest BCUT2D eigenvalue weighted by molar-refractivity contribution is 7.15. The molecule has 92 valence electrons. The number of nitro groups is 1. The molecule has 0 atom stereocenters. The molecule has 0 bridgehead atoms. The fourth-order valence-electron chi connectivity index (χ4n) is 1.27. The Bertz CT molecular complexity index is 607. The standard InChI is InChI=1S/C11H7NO5S/c13-11(14)9-4-5-10(18-9)17-8-3-1-2-7(6-8)12(15)16/h1-6H,(H,13,14). The van der Waals surface area contributed by atoms with Crippen LogP contribution in [0.2, 0.25) is 0 Å². The fourth-order valence-corrected chi connectivity index (χ4v) is 1.98. The summed E-state index contributed by atoms with van der Waals surface area (Å²) in [6.45, 7) is 0. The number of rotatable bonds is 4.